The predicted octanol–water partition coefficient (Wildman–Crippen LogP) is 3.12. The average molecular weight is 281 g/mol. The first-order valence-corrected chi connectivity index (χ1v) is 6.34. The van der Waals surface area contributed by atoms with Crippen LogP contribution in [-0.2, 0) is 0 Å². The summed E-state index contributed by atoms with van der Waals surface area (Å²) in [5.74, 6) is 0.637. The molecular formula is C15H12FN5. The summed E-state index contributed by atoms with van der Waals surface area (Å²) in [7, 11) is 0. The Morgan fingerprint density at radius 3 is 2.48 bits per heavy atom. The van der Waals surface area contributed by atoms with E-state index >= 15 is 0 Å². The van der Waals surface area contributed by atoms with Crippen molar-refractivity contribution in [3.05, 3.63) is 60.4 Å². The van der Waals surface area contributed by atoms with E-state index in [2.05, 4.69) is 25.3 Å². The average Bonchev–Trinajstić information content (AvgIpc) is 2.51. The Morgan fingerprint density at radius 1 is 0.857 bits per heavy atom. The van der Waals surface area contributed by atoms with Crippen LogP contribution in [0.5, 0.6) is 0 Å². The maximum Gasteiger partial charge on any atom is 0.150 e. The van der Waals surface area contributed by atoms with Crippen LogP contribution in [-0.4, -0.2) is 19.9 Å². The lowest BCUT2D eigenvalue weighted by Crippen LogP contribution is -1.98. The second kappa shape index (κ2) is 5.62. The topological polar surface area (TPSA) is 63.6 Å². The fourth-order valence-electron chi connectivity index (χ4n) is 1.75. The molecule has 1 N–H and O–H groups in total. The molecule has 0 aliphatic heterocycles. The molecule has 0 saturated heterocycles. The standard InChI is InChI=1S/C15H12FN5/c1-10-2-4-12(18-6-10)13-8-17-9-15(20-13)21-14-5-3-11(16)7-19-14/h2-9H,1H3,(H,19,20,21). The number of anilines is 2. The third-order valence-electron chi connectivity index (χ3n) is 2.79. The van der Waals surface area contributed by atoms with E-state index in [0.717, 1.165) is 17.5 Å². The summed E-state index contributed by atoms with van der Waals surface area (Å²) in [5.41, 5.74) is 2.47. The van der Waals surface area contributed by atoms with E-state index in [1.165, 1.54) is 12.1 Å². The molecule has 21 heavy (non-hydrogen) atoms. The van der Waals surface area contributed by atoms with Crippen LogP contribution < -0.4 is 5.32 Å². The Kier molecular flexibility index (Phi) is 3.51. The molecule has 104 valence electrons. The zero-order valence-electron chi connectivity index (χ0n) is 11.3. The van der Waals surface area contributed by atoms with Gasteiger partial charge < -0.3 is 5.32 Å². The molecular weight excluding hydrogens is 269 g/mol. The molecule has 3 rings (SSSR count). The monoisotopic (exact) mass is 281 g/mol. The van der Waals surface area contributed by atoms with Gasteiger partial charge in [-0.2, -0.15) is 0 Å². The lowest BCUT2D eigenvalue weighted by atomic mass is 10.2. The maximum atomic E-state index is 12.8. The van der Waals surface area contributed by atoms with Crippen LogP contribution in [0.4, 0.5) is 16.0 Å². The van der Waals surface area contributed by atoms with Crippen LogP contribution in [0.2, 0.25) is 0 Å². The number of hydrogen-bond acceptors (Lipinski definition) is 5. The summed E-state index contributed by atoms with van der Waals surface area (Å²) in [6.45, 7) is 1.97. The Balaban J connectivity index is 1.86. The van der Waals surface area contributed by atoms with Crippen LogP contribution in [0.1, 0.15) is 5.56 Å². The molecule has 0 aromatic carbocycles. The van der Waals surface area contributed by atoms with Gasteiger partial charge in [0, 0.05) is 6.20 Å². The fourth-order valence-corrected chi connectivity index (χ4v) is 1.75. The molecule has 0 saturated carbocycles. The van der Waals surface area contributed by atoms with Crippen LogP contribution in [0, 0.1) is 12.7 Å². The summed E-state index contributed by atoms with van der Waals surface area (Å²) in [6, 6.07) is 6.72. The van der Waals surface area contributed by atoms with Gasteiger partial charge in [-0.3, -0.25) is 9.97 Å². The first kappa shape index (κ1) is 13.1. The minimum atomic E-state index is -0.385. The van der Waals surface area contributed by atoms with Gasteiger partial charge in [-0.1, -0.05) is 6.07 Å². The maximum absolute atomic E-state index is 12.8. The number of aryl methyl sites for hydroxylation is 1. The van der Waals surface area contributed by atoms with E-state index in [9.17, 15) is 4.39 Å². The molecule has 0 bridgehead atoms. The molecule has 5 nitrogen and oxygen atoms in total. The number of halogens is 1. The lowest BCUT2D eigenvalue weighted by molar-refractivity contribution is 0.622. The van der Waals surface area contributed by atoms with Gasteiger partial charge in [-0.25, -0.2) is 14.4 Å². The van der Waals surface area contributed by atoms with E-state index in [4.69, 9.17) is 0 Å². The zero-order chi connectivity index (χ0) is 14.7. The number of nitrogens with one attached hydrogen (secondary N) is 1. The smallest absolute Gasteiger partial charge is 0.150 e. The van der Waals surface area contributed by atoms with Crippen LogP contribution in [0.25, 0.3) is 11.4 Å². The Morgan fingerprint density at radius 2 is 1.76 bits per heavy atom. The van der Waals surface area contributed by atoms with E-state index in [1.807, 2.05) is 19.1 Å². The van der Waals surface area contributed by atoms with Crippen molar-refractivity contribution in [2.24, 2.45) is 0 Å². The van der Waals surface area contributed by atoms with Gasteiger partial charge in [0.25, 0.3) is 0 Å². The van der Waals surface area contributed by atoms with E-state index in [0.29, 0.717) is 17.3 Å². The molecule has 6 heteroatoms. The highest BCUT2D eigenvalue weighted by Gasteiger charge is 2.04. The number of pyridine rings is 2. The van der Waals surface area contributed by atoms with Gasteiger partial charge in [0.05, 0.1) is 24.3 Å². The van der Waals surface area contributed by atoms with E-state index < -0.39 is 0 Å². The van der Waals surface area contributed by atoms with Gasteiger partial charge in [0.2, 0.25) is 0 Å². The summed E-state index contributed by atoms with van der Waals surface area (Å²) in [6.07, 6.45) is 6.13. The number of aromatic nitrogens is 4. The fraction of sp³-hybridized carbons (Fsp3) is 0.0667. The minimum absolute atomic E-state index is 0.385. The normalized spacial score (nSPS) is 10.4. The molecule has 3 heterocycles. The molecule has 0 radical (unpaired) electrons. The number of nitrogens with zero attached hydrogens (tertiary/aromatic N) is 4. The van der Waals surface area contributed by atoms with Crippen LogP contribution in [0.15, 0.2) is 49.1 Å². The second-order valence-electron chi connectivity index (χ2n) is 4.50. The highest BCUT2D eigenvalue weighted by molar-refractivity contribution is 5.58. The van der Waals surface area contributed by atoms with Gasteiger partial charge in [0.15, 0.2) is 5.82 Å². The van der Waals surface area contributed by atoms with Gasteiger partial charge in [-0.05, 0) is 30.7 Å². The summed E-state index contributed by atoms with van der Waals surface area (Å²) in [5, 5.41) is 2.97. The third-order valence-corrected chi connectivity index (χ3v) is 2.79. The lowest BCUT2D eigenvalue weighted by Gasteiger charge is -2.06. The quantitative estimate of drug-likeness (QED) is 0.799. The molecule has 0 fully saturated rings. The van der Waals surface area contributed by atoms with Crippen LogP contribution in [0.3, 0.4) is 0 Å². The van der Waals surface area contributed by atoms with E-state index in [1.54, 1.807) is 18.6 Å². The zero-order valence-corrected chi connectivity index (χ0v) is 11.3. The van der Waals surface area contributed by atoms with Gasteiger partial charge >= 0.3 is 0 Å². The molecule has 0 aliphatic carbocycles. The molecule has 0 spiro atoms. The second-order valence-corrected chi connectivity index (χ2v) is 4.50. The van der Waals surface area contributed by atoms with Crippen molar-refractivity contribution in [3.63, 3.8) is 0 Å². The Bertz CT molecular complexity index is 741. The summed E-state index contributed by atoms with van der Waals surface area (Å²) in [4.78, 5) is 16.8. The molecule has 3 aromatic heterocycles. The highest BCUT2D eigenvalue weighted by atomic mass is 19.1. The van der Waals surface area contributed by atoms with Crippen molar-refractivity contribution in [3.8, 4) is 11.4 Å². The Labute approximate surface area is 121 Å². The minimum Gasteiger partial charge on any atom is -0.324 e. The Hall–Kier alpha value is -2.89. The van der Waals surface area contributed by atoms with Crippen molar-refractivity contribution < 1.29 is 4.39 Å². The predicted molar refractivity (Wildman–Crippen MR) is 77.5 cm³/mol. The molecule has 3 aromatic rings. The van der Waals surface area contributed by atoms with Crippen molar-refractivity contribution in [1.82, 2.24) is 19.9 Å². The third kappa shape index (κ3) is 3.17. The highest BCUT2D eigenvalue weighted by Crippen LogP contribution is 2.17. The largest absolute Gasteiger partial charge is 0.324 e. The van der Waals surface area contributed by atoms with E-state index in [-0.39, 0.29) is 5.82 Å². The van der Waals surface area contributed by atoms with Crippen LogP contribution >= 0.6 is 0 Å². The summed E-state index contributed by atoms with van der Waals surface area (Å²) < 4.78 is 12.8. The number of hydrogen-bond donors (Lipinski definition) is 1. The van der Waals surface area contributed by atoms with Gasteiger partial charge in [0.1, 0.15) is 17.3 Å². The van der Waals surface area contributed by atoms with Crippen molar-refractivity contribution in [2.75, 3.05) is 5.32 Å². The first-order chi connectivity index (χ1) is 10.2. The first-order valence-electron chi connectivity index (χ1n) is 6.34. The van der Waals surface area contributed by atoms with Crippen molar-refractivity contribution in [1.29, 1.82) is 0 Å². The molecule has 0 unspecified atom stereocenters. The number of rotatable bonds is 3. The molecule has 0 aliphatic rings. The molecule has 0 amide bonds. The van der Waals surface area contributed by atoms with Crippen molar-refractivity contribution >= 4 is 11.6 Å². The summed E-state index contributed by atoms with van der Waals surface area (Å²) >= 11 is 0. The SMILES string of the molecule is Cc1ccc(-c2cncc(Nc3ccc(F)cn3)n2)nc1. The molecule has 0 atom stereocenters. The van der Waals surface area contributed by atoms with Crippen molar-refractivity contribution in [2.45, 2.75) is 6.92 Å². The van der Waals surface area contributed by atoms with Gasteiger partial charge in [-0.15, -0.1) is 0 Å².